The molecule has 0 bridgehead atoms. The van der Waals surface area contributed by atoms with Gasteiger partial charge in [0.15, 0.2) is 0 Å². The smallest absolute Gasteiger partial charge is 0.246 e. The summed E-state index contributed by atoms with van der Waals surface area (Å²) in [5, 5.41) is 11.4. The number of carboxylic acids is 1. The monoisotopic (exact) mass is 471 g/mol. The number of fused-ring (bicyclic) bond motifs is 1. The Kier molecular flexibility index (Phi) is 5.10. The highest BCUT2D eigenvalue weighted by Gasteiger charge is 2.57. The molecule has 4 nitrogen and oxygen atoms in total. The molecule has 2 atom stereocenters. The molecule has 0 saturated heterocycles. The lowest BCUT2D eigenvalue weighted by molar-refractivity contribution is -0.984. The Morgan fingerprint density at radius 3 is 2.65 bits per heavy atom. The van der Waals surface area contributed by atoms with Gasteiger partial charge in [-0.3, -0.25) is 4.48 Å². The SMILES string of the molecule is CC(C)(C)c1cc(I)c2c(c1)C[N+](C)(C)C1(CCCCC1CC(=O)[O-])O2. The number of aliphatic carboxylic acids is 1. The minimum atomic E-state index is -0.969. The molecule has 1 saturated carbocycles. The maximum Gasteiger partial charge on any atom is 0.246 e. The van der Waals surface area contributed by atoms with Crippen LogP contribution in [0.4, 0.5) is 0 Å². The number of rotatable bonds is 2. The van der Waals surface area contributed by atoms with Crippen molar-refractivity contribution >= 4 is 28.6 Å². The summed E-state index contributed by atoms with van der Waals surface area (Å²) < 4.78 is 8.56. The van der Waals surface area contributed by atoms with Crippen LogP contribution in [0.2, 0.25) is 0 Å². The molecule has 0 aromatic heterocycles. The van der Waals surface area contributed by atoms with Gasteiger partial charge in [0.2, 0.25) is 5.72 Å². The number of carboxylic acid groups (broad SMARTS) is 1. The van der Waals surface area contributed by atoms with E-state index in [0.717, 1.165) is 41.5 Å². The second-order valence-corrected chi connectivity index (χ2v) is 10.7. The largest absolute Gasteiger partial charge is 0.550 e. The highest BCUT2D eigenvalue weighted by Crippen LogP contribution is 2.50. The number of carbonyl (C=O) groups is 1. The first kappa shape index (κ1) is 19.9. The third-order valence-corrected chi connectivity index (χ3v) is 7.05. The molecule has 1 fully saturated rings. The third kappa shape index (κ3) is 3.37. The molecule has 3 rings (SSSR count). The lowest BCUT2D eigenvalue weighted by Crippen LogP contribution is -2.69. The Bertz CT molecular complexity index is 723. The number of ether oxygens (including phenoxy) is 1. The van der Waals surface area contributed by atoms with Crippen LogP contribution in [0, 0.1) is 9.49 Å². The average Bonchev–Trinajstić information content (AvgIpc) is 2.49. The zero-order chi connectivity index (χ0) is 19.3. The van der Waals surface area contributed by atoms with Crippen LogP contribution in [0.3, 0.4) is 0 Å². The van der Waals surface area contributed by atoms with Gasteiger partial charge >= 0.3 is 0 Å². The van der Waals surface area contributed by atoms with Crippen molar-refractivity contribution in [2.75, 3.05) is 14.1 Å². The first-order valence-corrected chi connectivity index (χ1v) is 10.6. The molecule has 144 valence electrons. The van der Waals surface area contributed by atoms with Crippen molar-refractivity contribution in [3.05, 3.63) is 26.8 Å². The van der Waals surface area contributed by atoms with Crippen molar-refractivity contribution in [2.45, 2.75) is 70.6 Å². The number of benzene rings is 1. The maximum absolute atomic E-state index is 11.4. The Morgan fingerprint density at radius 1 is 1.35 bits per heavy atom. The van der Waals surface area contributed by atoms with Crippen molar-refractivity contribution in [2.24, 2.45) is 5.92 Å². The van der Waals surface area contributed by atoms with Crippen LogP contribution < -0.4 is 9.84 Å². The lowest BCUT2D eigenvalue weighted by Gasteiger charge is -2.56. The number of hydrogen-bond acceptors (Lipinski definition) is 3. The lowest BCUT2D eigenvalue weighted by atomic mass is 9.75. The van der Waals surface area contributed by atoms with Crippen molar-refractivity contribution in [3.8, 4) is 5.75 Å². The fraction of sp³-hybridized carbons (Fsp3) is 0.667. The molecule has 1 aliphatic heterocycles. The van der Waals surface area contributed by atoms with Crippen LogP contribution in [-0.4, -0.2) is 30.3 Å². The van der Waals surface area contributed by atoms with Gasteiger partial charge in [0.25, 0.3) is 0 Å². The second kappa shape index (κ2) is 6.66. The molecule has 1 aromatic carbocycles. The fourth-order valence-electron chi connectivity index (χ4n) is 4.77. The van der Waals surface area contributed by atoms with E-state index in [-0.39, 0.29) is 17.8 Å². The third-order valence-electron chi connectivity index (χ3n) is 6.24. The molecule has 0 N–H and O–H groups in total. The highest BCUT2D eigenvalue weighted by molar-refractivity contribution is 14.1. The van der Waals surface area contributed by atoms with E-state index in [1.54, 1.807) is 0 Å². The molecule has 0 amide bonds. The predicted molar refractivity (Wildman–Crippen MR) is 109 cm³/mol. The van der Waals surface area contributed by atoms with Crippen LogP contribution in [0.15, 0.2) is 12.1 Å². The highest BCUT2D eigenvalue weighted by atomic mass is 127. The van der Waals surface area contributed by atoms with Gasteiger partial charge in [0.05, 0.1) is 29.1 Å². The van der Waals surface area contributed by atoms with Crippen LogP contribution in [0.1, 0.15) is 64.0 Å². The number of halogens is 1. The van der Waals surface area contributed by atoms with Gasteiger partial charge in [-0.15, -0.1) is 0 Å². The molecular weight excluding hydrogens is 441 g/mol. The summed E-state index contributed by atoms with van der Waals surface area (Å²) in [5.41, 5.74) is 2.16. The minimum Gasteiger partial charge on any atom is -0.550 e. The minimum absolute atomic E-state index is 0.0116. The summed E-state index contributed by atoms with van der Waals surface area (Å²) in [6, 6.07) is 4.50. The van der Waals surface area contributed by atoms with Crippen molar-refractivity contribution in [1.82, 2.24) is 0 Å². The molecule has 26 heavy (non-hydrogen) atoms. The first-order chi connectivity index (χ1) is 12.0. The molecule has 1 heterocycles. The Hall–Kier alpha value is -0.820. The van der Waals surface area contributed by atoms with E-state index in [9.17, 15) is 9.90 Å². The van der Waals surface area contributed by atoms with Crippen LogP contribution >= 0.6 is 22.6 Å². The predicted octanol–water partition coefficient (Wildman–Crippen LogP) is 3.58. The van der Waals surface area contributed by atoms with E-state index in [4.69, 9.17) is 4.74 Å². The van der Waals surface area contributed by atoms with Crippen molar-refractivity contribution in [1.29, 1.82) is 0 Å². The van der Waals surface area contributed by atoms with E-state index in [2.05, 4.69) is 69.6 Å². The van der Waals surface area contributed by atoms with Gasteiger partial charge in [-0.05, 0) is 65.0 Å². The summed E-state index contributed by atoms with van der Waals surface area (Å²) in [4.78, 5) is 11.4. The van der Waals surface area contributed by atoms with Gasteiger partial charge in [0, 0.05) is 12.4 Å². The molecule has 5 heteroatoms. The molecular formula is C21H30INO3. The number of quaternary nitrogens is 1. The molecule has 1 spiro atoms. The van der Waals surface area contributed by atoms with Crippen molar-refractivity contribution < 1.29 is 19.1 Å². The summed E-state index contributed by atoms with van der Waals surface area (Å²) in [7, 11) is 4.38. The van der Waals surface area contributed by atoms with Crippen molar-refractivity contribution in [3.63, 3.8) is 0 Å². The van der Waals surface area contributed by atoms with E-state index in [1.807, 2.05) is 0 Å². The quantitative estimate of drug-likeness (QED) is 0.490. The Balaban J connectivity index is 2.08. The van der Waals surface area contributed by atoms with Gasteiger partial charge < -0.3 is 14.6 Å². The summed E-state index contributed by atoms with van der Waals surface area (Å²) in [5.74, 6) is -0.0211. The van der Waals surface area contributed by atoms with Crippen LogP contribution in [-0.2, 0) is 16.8 Å². The summed E-state index contributed by atoms with van der Waals surface area (Å²) >= 11 is 2.37. The number of carbonyl (C=O) groups excluding carboxylic acids is 1. The van der Waals surface area contributed by atoms with Crippen LogP contribution in [0.25, 0.3) is 0 Å². The average molecular weight is 471 g/mol. The zero-order valence-corrected chi connectivity index (χ0v) is 18.7. The molecule has 1 aliphatic carbocycles. The Labute approximate surface area is 170 Å². The first-order valence-electron chi connectivity index (χ1n) is 9.51. The Morgan fingerprint density at radius 2 is 2.04 bits per heavy atom. The van der Waals surface area contributed by atoms with E-state index in [0.29, 0.717) is 4.48 Å². The molecule has 2 aliphatic rings. The summed E-state index contributed by atoms with van der Waals surface area (Å²) in [6.45, 7) is 7.55. The standard InChI is InChI=1S/C21H30INO3/c1-20(2,3)16-10-14-13-23(4,5)21(26-19(14)17(22)11-16)9-7-6-8-15(21)12-18(24)25/h10-11,15H,6-9,12-13H2,1-5H3. The maximum atomic E-state index is 11.4. The second-order valence-electron chi connectivity index (χ2n) is 9.51. The zero-order valence-electron chi connectivity index (χ0n) is 16.5. The normalized spacial score (nSPS) is 27.7. The van der Waals surface area contributed by atoms with E-state index < -0.39 is 11.7 Å². The fourth-order valence-corrected chi connectivity index (χ4v) is 5.56. The molecule has 1 aromatic rings. The van der Waals surface area contributed by atoms with E-state index in [1.165, 1.54) is 11.1 Å². The van der Waals surface area contributed by atoms with Crippen LogP contribution in [0.5, 0.6) is 5.75 Å². The number of nitrogens with zero attached hydrogens (tertiary/aromatic N) is 1. The molecule has 0 radical (unpaired) electrons. The van der Waals surface area contributed by atoms with Gasteiger partial charge in [-0.25, -0.2) is 0 Å². The van der Waals surface area contributed by atoms with E-state index >= 15 is 0 Å². The van der Waals surface area contributed by atoms with Gasteiger partial charge in [0.1, 0.15) is 12.3 Å². The topological polar surface area (TPSA) is 49.4 Å². The van der Waals surface area contributed by atoms with Gasteiger partial charge in [-0.1, -0.05) is 27.2 Å². The summed E-state index contributed by atoms with van der Waals surface area (Å²) in [6.07, 6.45) is 4.01. The van der Waals surface area contributed by atoms with Gasteiger partial charge in [-0.2, -0.15) is 0 Å². The molecule has 2 unspecified atom stereocenters. The number of hydrogen-bond donors (Lipinski definition) is 0.